The molecule has 4 nitrogen and oxygen atoms in total. The molecule has 2 unspecified atom stereocenters. The molecule has 1 aromatic carbocycles. The number of hydrogen-bond acceptors (Lipinski definition) is 4. The summed E-state index contributed by atoms with van der Waals surface area (Å²) in [4.78, 5) is 0. The number of aliphatic hydroxyl groups excluding tert-OH is 2. The van der Waals surface area contributed by atoms with Crippen molar-refractivity contribution >= 4 is 0 Å². The molecule has 0 fully saturated rings. The molecule has 0 aliphatic rings. The van der Waals surface area contributed by atoms with E-state index in [1.54, 1.807) is 0 Å². The summed E-state index contributed by atoms with van der Waals surface area (Å²) in [5, 5.41) is 22.3. The Morgan fingerprint density at radius 2 is 1.85 bits per heavy atom. The molecule has 3 N–H and O–H groups in total. The zero-order chi connectivity index (χ0) is 14.8. The first-order valence-electron chi connectivity index (χ1n) is 7.41. The Kier molecular flexibility index (Phi) is 8.46. The number of nitrogens with one attached hydrogen (secondary N) is 1. The lowest BCUT2D eigenvalue weighted by atomic mass is 9.99. The van der Waals surface area contributed by atoms with Gasteiger partial charge in [-0.2, -0.15) is 0 Å². The van der Waals surface area contributed by atoms with Gasteiger partial charge >= 0.3 is 0 Å². The topological polar surface area (TPSA) is 61.7 Å². The predicted molar refractivity (Wildman–Crippen MR) is 80.8 cm³/mol. The van der Waals surface area contributed by atoms with Gasteiger partial charge in [0.15, 0.2) is 0 Å². The fraction of sp³-hybridized carbons (Fsp3) is 0.625. The fourth-order valence-corrected chi connectivity index (χ4v) is 2.15. The molecule has 0 spiro atoms. The third kappa shape index (κ3) is 5.59. The molecule has 1 rings (SSSR count). The highest BCUT2D eigenvalue weighted by atomic mass is 16.5. The summed E-state index contributed by atoms with van der Waals surface area (Å²) in [6.07, 6.45) is 1.34. The van der Waals surface area contributed by atoms with Crippen molar-refractivity contribution in [3.63, 3.8) is 0 Å². The lowest BCUT2D eigenvalue weighted by molar-refractivity contribution is 0.0824. The lowest BCUT2D eigenvalue weighted by Gasteiger charge is -2.23. The van der Waals surface area contributed by atoms with Crippen LogP contribution in [0.4, 0.5) is 0 Å². The molecular formula is C16H27NO3. The van der Waals surface area contributed by atoms with Crippen LogP contribution in [0.25, 0.3) is 0 Å². The highest BCUT2D eigenvalue weighted by molar-refractivity contribution is 5.25. The summed E-state index contributed by atoms with van der Waals surface area (Å²) in [6, 6.07) is 8.14. The Labute approximate surface area is 121 Å². The minimum atomic E-state index is -0.510. The van der Waals surface area contributed by atoms with Gasteiger partial charge in [-0.25, -0.2) is 0 Å². The Morgan fingerprint density at radius 1 is 1.15 bits per heavy atom. The second kappa shape index (κ2) is 9.88. The smallest absolute Gasteiger partial charge is 0.0942 e. The standard InChI is InChI=1S/C16H27NO3/c1-3-13-5-7-14(8-6-13)16(19)15(4-2)17-9-11-20-12-10-18/h5-8,15-19H,3-4,9-12H2,1-2H3. The summed E-state index contributed by atoms with van der Waals surface area (Å²) in [6.45, 7) is 5.79. The monoisotopic (exact) mass is 281 g/mol. The van der Waals surface area contributed by atoms with E-state index in [0.717, 1.165) is 18.4 Å². The number of aryl methyl sites for hydroxylation is 1. The largest absolute Gasteiger partial charge is 0.394 e. The molecule has 114 valence electrons. The molecule has 0 saturated carbocycles. The van der Waals surface area contributed by atoms with Crippen LogP contribution in [0.2, 0.25) is 0 Å². The number of benzene rings is 1. The van der Waals surface area contributed by atoms with Gasteiger partial charge in [-0.05, 0) is 24.0 Å². The van der Waals surface area contributed by atoms with Crippen LogP contribution in [0.5, 0.6) is 0 Å². The van der Waals surface area contributed by atoms with Crippen molar-refractivity contribution in [2.45, 2.75) is 38.8 Å². The third-order valence-electron chi connectivity index (χ3n) is 3.44. The van der Waals surface area contributed by atoms with E-state index in [2.05, 4.69) is 31.3 Å². The van der Waals surface area contributed by atoms with Gasteiger partial charge in [0.25, 0.3) is 0 Å². The van der Waals surface area contributed by atoms with Gasteiger partial charge in [0, 0.05) is 12.6 Å². The average molecular weight is 281 g/mol. The molecule has 0 amide bonds. The Morgan fingerprint density at radius 3 is 2.40 bits per heavy atom. The normalized spacial score (nSPS) is 14.2. The Bertz CT molecular complexity index is 353. The summed E-state index contributed by atoms with van der Waals surface area (Å²) in [5.41, 5.74) is 2.22. The van der Waals surface area contributed by atoms with Crippen LogP contribution < -0.4 is 5.32 Å². The third-order valence-corrected chi connectivity index (χ3v) is 3.44. The van der Waals surface area contributed by atoms with Gasteiger partial charge in [0.2, 0.25) is 0 Å². The van der Waals surface area contributed by atoms with Crippen molar-refractivity contribution in [2.75, 3.05) is 26.4 Å². The van der Waals surface area contributed by atoms with E-state index >= 15 is 0 Å². The van der Waals surface area contributed by atoms with Crippen molar-refractivity contribution in [1.82, 2.24) is 5.32 Å². The number of hydrogen-bond donors (Lipinski definition) is 3. The van der Waals surface area contributed by atoms with E-state index in [1.807, 2.05) is 12.1 Å². The zero-order valence-electron chi connectivity index (χ0n) is 12.5. The maximum Gasteiger partial charge on any atom is 0.0942 e. The van der Waals surface area contributed by atoms with Crippen molar-refractivity contribution in [1.29, 1.82) is 0 Å². The lowest BCUT2D eigenvalue weighted by Crippen LogP contribution is -2.36. The van der Waals surface area contributed by atoms with Crippen molar-refractivity contribution < 1.29 is 14.9 Å². The first-order chi connectivity index (χ1) is 9.72. The predicted octanol–water partition coefficient (Wildman–Crippen LogP) is 1.66. The highest BCUT2D eigenvalue weighted by Gasteiger charge is 2.18. The van der Waals surface area contributed by atoms with Crippen LogP contribution in [-0.4, -0.2) is 42.6 Å². The minimum Gasteiger partial charge on any atom is -0.394 e. The van der Waals surface area contributed by atoms with Gasteiger partial charge in [-0.1, -0.05) is 38.1 Å². The highest BCUT2D eigenvalue weighted by Crippen LogP contribution is 2.19. The van der Waals surface area contributed by atoms with Gasteiger partial charge in [0.05, 0.1) is 25.9 Å². The van der Waals surface area contributed by atoms with Gasteiger partial charge in [-0.15, -0.1) is 0 Å². The van der Waals surface area contributed by atoms with Crippen LogP contribution in [0.3, 0.4) is 0 Å². The summed E-state index contributed by atoms with van der Waals surface area (Å²) in [7, 11) is 0. The summed E-state index contributed by atoms with van der Waals surface area (Å²) < 4.78 is 5.20. The van der Waals surface area contributed by atoms with Gasteiger partial charge in [-0.3, -0.25) is 0 Å². The van der Waals surface area contributed by atoms with Crippen LogP contribution in [-0.2, 0) is 11.2 Å². The molecule has 0 saturated heterocycles. The van der Waals surface area contributed by atoms with Crippen LogP contribution >= 0.6 is 0 Å². The van der Waals surface area contributed by atoms with E-state index in [0.29, 0.717) is 19.8 Å². The molecular weight excluding hydrogens is 254 g/mol. The SMILES string of the molecule is CCc1ccc(C(O)C(CC)NCCOCCO)cc1. The first-order valence-corrected chi connectivity index (χ1v) is 7.41. The van der Waals surface area contributed by atoms with Crippen molar-refractivity contribution in [3.8, 4) is 0 Å². The minimum absolute atomic E-state index is 0.0141. The summed E-state index contributed by atoms with van der Waals surface area (Å²) >= 11 is 0. The maximum atomic E-state index is 10.4. The Balaban J connectivity index is 2.46. The van der Waals surface area contributed by atoms with E-state index < -0.39 is 6.10 Å². The van der Waals surface area contributed by atoms with E-state index in [4.69, 9.17) is 9.84 Å². The van der Waals surface area contributed by atoms with E-state index in [-0.39, 0.29) is 12.6 Å². The zero-order valence-corrected chi connectivity index (χ0v) is 12.5. The molecule has 2 atom stereocenters. The second-order valence-corrected chi connectivity index (χ2v) is 4.84. The maximum absolute atomic E-state index is 10.4. The van der Waals surface area contributed by atoms with E-state index in [9.17, 15) is 5.11 Å². The average Bonchev–Trinajstić information content (AvgIpc) is 2.50. The van der Waals surface area contributed by atoms with Crippen molar-refractivity contribution in [2.24, 2.45) is 0 Å². The quantitative estimate of drug-likeness (QED) is 0.571. The van der Waals surface area contributed by atoms with Gasteiger partial charge < -0.3 is 20.3 Å². The molecule has 0 aliphatic heterocycles. The molecule has 1 aromatic rings. The van der Waals surface area contributed by atoms with Crippen LogP contribution in [0, 0.1) is 0 Å². The molecule has 4 heteroatoms. The van der Waals surface area contributed by atoms with Crippen LogP contribution in [0.15, 0.2) is 24.3 Å². The summed E-state index contributed by atoms with van der Waals surface area (Å²) in [5.74, 6) is 0. The molecule has 20 heavy (non-hydrogen) atoms. The van der Waals surface area contributed by atoms with Gasteiger partial charge in [0.1, 0.15) is 0 Å². The molecule has 0 aliphatic carbocycles. The fourth-order valence-electron chi connectivity index (χ4n) is 2.15. The second-order valence-electron chi connectivity index (χ2n) is 4.84. The molecule has 0 bridgehead atoms. The van der Waals surface area contributed by atoms with Crippen LogP contribution in [0.1, 0.15) is 37.5 Å². The number of ether oxygens (including phenoxy) is 1. The Hall–Kier alpha value is -0.940. The molecule has 0 heterocycles. The number of aliphatic hydroxyl groups is 2. The molecule has 0 aromatic heterocycles. The first kappa shape index (κ1) is 17.1. The van der Waals surface area contributed by atoms with Crippen molar-refractivity contribution in [3.05, 3.63) is 35.4 Å². The molecule has 0 radical (unpaired) electrons. The number of rotatable bonds is 10. The van der Waals surface area contributed by atoms with E-state index in [1.165, 1.54) is 5.56 Å².